The molecule has 168 valence electrons. The number of nitrogens with zero attached hydrogens (tertiary/aromatic N) is 2. The van der Waals surface area contributed by atoms with E-state index in [0.717, 1.165) is 34.8 Å². The van der Waals surface area contributed by atoms with Gasteiger partial charge >= 0.3 is 0 Å². The maximum atomic E-state index is 12.8. The van der Waals surface area contributed by atoms with Crippen LogP contribution in [0, 0.1) is 6.92 Å². The number of hydrogen-bond donors (Lipinski definition) is 1. The molecule has 1 aliphatic rings. The molecule has 1 heterocycles. The summed E-state index contributed by atoms with van der Waals surface area (Å²) in [7, 11) is -3.69. The molecule has 8 heteroatoms. The van der Waals surface area contributed by atoms with Crippen molar-refractivity contribution in [2.45, 2.75) is 45.7 Å². The molecule has 1 atom stereocenters. The monoisotopic (exact) mass is 463 g/mol. The third-order valence-electron chi connectivity index (χ3n) is 5.62. The van der Waals surface area contributed by atoms with Gasteiger partial charge in [-0.2, -0.15) is 0 Å². The zero-order valence-electron chi connectivity index (χ0n) is 18.3. The van der Waals surface area contributed by atoms with Gasteiger partial charge in [-0.3, -0.25) is 9.10 Å². The van der Waals surface area contributed by atoms with Crippen LogP contribution in [0.2, 0.25) is 5.02 Å². The van der Waals surface area contributed by atoms with E-state index in [1.807, 2.05) is 12.1 Å². The number of sulfonamides is 1. The Labute approximate surface area is 190 Å². The molecule has 0 radical (unpaired) electrons. The summed E-state index contributed by atoms with van der Waals surface area (Å²) in [5, 5.41) is 3.28. The highest BCUT2D eigenvalue weighted by Gasteiger charge is 2.30. The molecular formula is C23H30ClN3O3S. The van der Waals surface area contributed by atoms with E-state index in [0.29, 0.717) is 17.3 Å². The number of carbonyl (C=O) groups is 1. The van der Waals surface area contributed by atoms with Crippen LogP contribution in [0.4, 0.5) is 11.4 Å². The van der Waals surface area contributed by atoms with E-state index in [4.69, 9.17) is 11.6 Å². The Kier molecular flexibility index (Phi) is 7.49. The van der Waals surface area contributed by atoms with Crippen molar-refractivity contribution in [1.82, 2.24) is 5.32 Å². The van der Waals surface area contributed by atoms with E-state index in [1.54, 1.807) is 32.0 Å². The number of aryl methyl sites for hydroxylation is 1. The number of rotatable bonds is 7. The molecule has 0 aromatic heterocycles. The van der Waals surface area contributed by atoms with E-state index in [2.05, 4.69) is 22.3 Å². The summed E-state index contributed by atoms with van der Waals surface area (Å²) in [5.41, 5.74) is 3.29. The van der Waals surface area contributed by atoms with Gasteiger partial charge in [-0.05, 0) is 68.5 Å². The van der Waals surface area contributed by atoms with Gasteiger partial charge in [-0.25, -0.2) is 8.42 Å². The van der Waals surface area contributed by atoms with Gasteiger partial charge in [0.1, 0.15) is 6.04 Å². The van der Waals surface area contributed by atoms with Gasteiger partial charge < -0.3 is 10.2 Å². The van der Waals surface area contributed by atoms with E-state index >= 15 is 0 Å². The molecule has 0 saturated carbocycles. The van der Waals surface area contributed by atoms with Gasteiger partial charge in [0.25, 0.3) is 0 Å². The molecule has 0 spiro atoms. The standard InChI is InChI=1S/C23H30ClN3O3S/c1-17-7-10-20(24)15-22(17)27(31(3,29)30)18(2)23(28)25-16-19-8-11-21(12-9-19)26-13-5-4-6-14-26/h7-12,15,18H,4-6,13-14,16H2,1-3H3,(H,25,28)/t18-/m1/s1. The van der Waals surface area contributed by atoms with Crippen LogP contribution in [0.3, 0.4) is 0 Å². The van der Waals surface area contributed by atoms with Crippen molar-refractivity contribution in [3.8, 4) is 0 Å². The molecule has 3 rings (SSSR count). The van der Waals surface area contributed by atoms with E-state index in [-0.39, 0.29) is 5.91 Å². The third kappa shape index (κ3) is 5.92. The summed E-state index contributed by atoms with van der Waals surface area (Å²) < 4.78 is 26.1. The van der Waals surface area contributed by atoms with Crippen LogP contribution >= 0.6 is 11.6 Å². The largest absolute Gasteiger partial charge is 0.372 e. The lowest BCUT2D eigenvalue weighted by Gasteiger charge is -2.30. The van der Waals surface area contributed by atoms with Crippen LogP contribution in [0.1, 0.15) is 37.3 Å². The Hall–Kier alpha value is -2.25. The normalized spacial score (nSPS) is 15.4. The molecule has 1 fully saturated rings. The zero-order chi connectivity index (χ0) is 22.6. The van der Waals surface area contributed by atoms with Gasteiger partial charge in [-0.15, -0.1) is 0 Å². The second-order valence-corrected chi connectivity index (χ2v) is 10.4. The first-order valence-electron chi connectivity index (χ1n) is 10.5. The lowest BCUT2D eigenvalue weighted by molar-refractivity contribution is -0.122. The summed E-state index contributed by atoms with van der Waals surface area (Å²) in [6.07, 6.45) is 4.83. The summed E-state index contributed by atoms with van der Waals surface area (Å²) in [6, 6.07) is 12.3. The maximum absolute atomic E-state index is 12.8. The molecule has 1 saturated heterocycles. The Morgan fingerprint density at radius 1 is 1.13 bits per heavy atom. The summed E-state index contributed by atoms with van der Waals surface area (Å²) in [5.74, 6) is -0.370. The highest BCUT2D eigenvalue weighted by atomic mass is 35.5. The van der Waals surface area contributed by atoms with Crippen LogP contribution < -0.4 is 14.5 Å². The molecule has 2 aromatic rings. The quantitative estimate of drug-likeness (QED) is 0.670. The predicted octanol–water partition coefficient (Wildman–Crippen LogP) is 4.11. The molecule has 2 aromatic carbocycles. The second kappa shape index (κ2) is 9.92. The number of halogens is 1. The van der Waals surface area contributed by atoms with Crippen LogP contribution in [-0.4, -0.2) is 39.7 Å². The van der Waals surface area contributed by atoms with Crippen molar-refractivity contribution < 1.29 is 13.2 Å². The lowest BCUT2D eigenvalue weighted by Crippen LogP contribution is -2.48. The van der Waals surface area contributed by atoms with Crippen molar-refractivity contribution in [2.24, 2.45) is 0 Å². The molecule has 0 bridgehead atoms. The van der Waals surface area contributed by atoms with Crippen molar-refractivity contribution in [3.63, 3.8) is 0 Å². The Balaban J connectivity index is 1.69. The number of piperidine rings is 1. The maximum Gasteiger partial charge on any atom is 0.243 e. The summed E-state index contributed by atoms with van der Waals surface area (Å²) >= 11 is 6.08. The number of anilines is 2. The van der Waals surface area contributed by atoms with E-state index in [9.17, 15) is 13.2 Å². The van der Waals surface area contributed by atoms with Gasteiger partial charge in [0, 0.05) is 30.3 Å². The molecule has 0 aliphatic carbocycles. The van der Waals surface area contributed by atoms with E-state index in [1.165, 1.54) is 24.9 Å². The highest BCUT2D eigenvalue weighted by Crippen LogP contribution is 2.28. The first kappa shape index (κ1) is 23.4. The Bertz CT molecular complexity index is 1020. The van der Waals surface area contributed by atoms with Crippen LogP contribution in [-0.2, 0) is 21.4 Å². The SMILES string of the molecule is Cc1ccc(Cl)cc1N([C@H](C)C(=O)NCc1ccc(N2CCCCC2)cc1)S(C)(=O)=O. The smallest absolute Gasteiger partial charge is 0.243 e. The molecule has 6 nitrogen and oxygen atoms in total. The fourth-order valence-corrected chi connectivity index (χ4v) is 5.31. The lowest BCUT2D eigenvalue weighted by atomic mass is 10.1. The van der Waals surface area contributed by atoms with Gasteiger partial charge in [-0.1, -0.05) is 29.8 Å². The van der Waals surface area contributed by atoms with Gasteiger partial charge in [0.2, 0.25) is 15.9 Å². The highest BCUT2D eigenvalue weighted by molar-refractivity contribution is 7.92. The fraction of sp³-hybridized carbons (Fsp3) is 0.435. The minimum Gasteiger partial charge on any atom is -0.372 e. The summed E-state index contributed by atoms with van der Waals surface area (Å²) in [4.78, 5) is 15.2. The minimum atomic E-state index is -3.69. The van der Waals surface area contributed by atoms with Crippen LogP contribution in [0.15, 0.2) is 42.5 Å². The average Bonchev–Trinajstić information content (AvgIpc) is 2.74. The number of carbonyl (C=O) groups excluding carboxylic acids is 1. The number of amides is 1. The van der Waals surface area contributed by atoms with Crippen molar-refractivity contribution in [1.29, 1.82) is 0 Å². The number of benzene rings is 2. The Morgan fingerprint density at radius 3 is 2.39 bits per heavy atom. The van der Waals surface area contributed by atoms with Crippen molar-refractivity contribution >= 4 is 38.9 Å². The van der Waals surface area contributed by atoms with Crippen molar-refractivity contribution in [2.75, 3.05) is 28.6 Å². The van der Waals surface area contributed by atoms with Gasteiger partial charge in [0.05, 0.1) is 11.9 Å². The van der Waals surface area contributed by atoms with Crippen molar-refractivity contribution in [3.05, 3.63) is 58.6 Å². The van der Waals surface area contributed by atoms with Gasteiger partial charge in [0.15, 0.2) is 0 Å². The third-order valence-corrected chi connectivity index (χ3v) is 7.08. The molecule has 31 heavy (non-hydrogen) atoms. The van der Waals surface area contributed by atoms with Crippen LogP contribution in [0.5, 0.6) is 0 Å². The molecule has 1 aliphatic heterocycles. The molecule has 1 N–H and O–H groups in total. The molecule has 1 amide bonds. The number of nitrogens with one attached hydrogen (secondary N) is 1. The fourth-order valence-electron chi connectivity index (χ4n) is 3.91. The minimum absolute atomic E-state index is 0.329. The Morgan fingerprint density at radius 2 is 1.77 bits per heavy atom. The molecule has 0 unspecified atom stereocenters. The first-order chi connectivity index (χ1) is 14.7. The predicted molar refractivity (Wildman–Crippen MR) is 127 cm³/mol. The second-order valence-electron chi connectivity index (χ2n) is 8.10. The number of hydrogen-bond acceptors (Lipinski definition) is 4. The first-order valence-corrected chi connectivity index (χ1v) is 12.8. The zero-order valence-corrected chi connectivity index (χ0v) is 19.8. The topological polar surface area (TPSA) is 69.7 Å². The molecular weight excluding hydrogens is 434 g/mol. The van der Waals surface area contributed by atoms with Crippen LogP contribution in [0.25, 0.3) is 0 Å². The summed E-state index contributed by atoms with van der Waals surface area (Å²) in [6.45, 7) is 5.86. The van der Waals surface area contributed by atoms with E-state index < -0.39 is 16.1 Å². The average molecular weight is 464 g/mol.